The summed E-state index contributed by atoms with van der Waals surface area (Å²) in [4.78, 5) is 23.1. The van der Waals surface area contributed by atoms with Crippen LogP contribution in [0.25, 0.3) is 0 Å². The van der Waals surface area contributed by atoms with Crippen molar-refractivity contribution in [2.75, 3.05) is 37.4 Å². The van der Waals surface area contributed by atoms with E-state index in [0.29, 0.717) is 0 Å². The van der Waals surface area contributed by atoms with E-state index in [2.05, 4.69) is 15.3 Å². The van der Waals surface area contributed by atoms with Crippen molar-refractivity contribution in [2.45, 2.75) is 19.3 Å². The van der Waals surface area contributed by atoms with Crippen molar-refractivity contribution in [3.05, 3.63) is 41.7 Å². The second-order valence-corrected chi connectivity index (χ2v) is 6.43. The average Bonchev–Trinajstić information content (AvgIpc) is 2.65. The molecule has 0 radical (unpaired) electrons. The summed E-state index contributed by atoms with van der Waals surface area (Å²) in [5.74, 6) is -1.44. The Labute approximate surface area is 150 Å². The van der Waals surface area contributed by atoms with E-state index >= 15 is 0 Å². The number of hydrogen-bond donors (Lipinski definition) is 1. The molecule has 1 aromatic carbocycles. The van der Waals surface area contributed by atoms with Gasteiger partial charge in [-0.1, -0.05) is 0 Å². The molecule has 1 aliphatic heterocycles. The molecule has 26 heavy (non-hydrogen) atoms. The topological polar surface area (TPSA) is 61.4 Å². The van der Waals surface area contributed by atoms with Gasteiger partial charge in [-0.2, -0.15) is 4.39 Å². The predicted molar refractivity (Wildman–Crippen MR) is 95.8 cm³/mol. The third-order valence-corrected chi connectivity index (χ3v) is 4.30. The first-order valence-electron chi connectivity index (χ1n) is 8.51. The Morgan fingerprint density at radius 1 is 1.15 bits per heavy atom. The summed E-state index contributed by atoms with van der Waals surface area (Å²) in [5, 5.41) is 2.66. The van der Waals surface area contributed by atoms with Gasteiger partial charge in [-0.25, -0.2) is 14.4 Å². The highest BCUT2D eigenvalue weighted by Crippen LogP contribution is 2.27. The van der Waals surface area contributed by atoms with Crippen molar-refractivity contribution in [2.24, 2.45) is 0 Å². The van der Waals surface area contributed by atoms with Crippen molar-refractivity contribution < 1.29 is 13.6 Å². The van der Waals surface area contributed by atoms with Crippen LogP contribution in [0.5, 0.6) is 0 Å². The molecule has 8 heteroatoms. The second-order valence-electron chi connectivity index (χ2n) is 6.43. The molecule has 0 unspecified atom stereocenters. The smallest absolute Gasteiger partial charge is 0.253 e. The lowest BCUT2D eigenvalue weighted by molar-refractivity contribution is 0.0827. The molecule has 1 aromatic heterocycles. The Kier molecular flexibility index (Phi) is 5.29. The van der Waals surface area contributed by atoms with Gasteiger partial charge in [0.1, 0.15) is 12.1 Å². The highest BCUT2D eigenvalue weighted by Gasteiger charge is 2.20. The van der Waals surface area contributed by atoms with Crippen LogP contribution in [0.4, 0.5) is 26.1 Å². The lowest BCUT2D eigenvalue weighted by atomic mass is 10.1. The van der Waals surface area contributed by atoms with Crippen LogP contribution in [-0.4, -0.2) is 48.0 Å². The van der Waals surface area contributed by atoms with Crippen molar-refractivity contribution in [1.29, 1.82) is 0 Å². The average molecular weight is 361 g/mol. The summed E-state index contributed by atoms with van der Waals surface area (Å²) in [6.45, 7) is 1.48. The number of benzene rings is 1. The van der Waals surface area contributed by atoms with Crippen LogP contribution in [0.2, 0.25) is 0 Å². The molecule has 6 nitrogen and oxygen atoms in total. The van der Waals surface area contributed by atoms with Gasteiger partial charge in [0.2, 0.25) is 5.82 Å². The van der Waals surface area contributed by atoms with Gasteiger partial charge in [-0.3, -0.25) is 4.79 Å². The Morgan fingerprint density at radius 3 is 2.54 bits per heavy atom. The fourth-order valence-electron chi connectivity index (χ4n) is 2.91. The van der Waals surface area contributed by atoms with Gasteiger partial charge in [-0.05, 0) is 37.5 Å². The molecule has 1 saturated heterocycles. The van der Waals surface area contributed by atoms with E-state index in [0.717, 1.165) is 38.4 Å². The third kappa shape index (κ3) is 3.74. The second kappa shape index (κ2) is 7.63. The van der Waals surface area contributed by atoms with Crippen molar-refractivity contribution in [3.63, 3.8) is 0 Å². The zero-order chi connectivity index (χ0) is 18.7. The van der Waals surface area contributed by atoms with Gasteiger partial charge < -0.3 is 15.1 Å². The SMILES string of the molecule is CN(C)C(=O)c1ccc(Nc2ncnc(N3CCCCC3)c2F)c(F)c1. The van der Waals surface area contributed by atoms with Crippen molar-refractivity contribution in [1.82, 2.24) is 14.9 Å². The van der Waals surface area contributed by atoms with Crippen molar-refractivity contribution >= 4 is 23.2 Å². The number of halogens is 2. The quantitative estimate of drug-likeness (QED) is 0.906. The summed E-state index contributed by atoms with van der Waals surface area (Å²) < 4.78 is 29.1. The summed E-state index contributed by atoms with van der Waals surface area (Å²) in [6, 6.07) is 4.00. The molecule has 0 bridgehead atoms. The van der Waals surface area contributed by atoms with Crippen LogP contribution in [0, 0.1) is 11.6 Å². The lowest BCUT2D eigenvalue weighted by Crippen LogP contribution is -2.31. The molecule has 1 aliphatic rings. The van der Waals surface area contributed by atoms with E-state index in [1.165, 1.54) is 23.4 Å². The fraction of sp³-hybridized carbons (Fsp3) is 0.389. The van der Waals surface area contributed by atoms with E-state index in [-0.39, 0.29) is 28.8 Å². The molecule has 1 amide bonds. The first-order valence-corrected chi connectivity index (χ1v) is 8.51. The number of carbonyl (C=O) groups is 1. The largest absolute Gasteiger partial charge is 0.354 e. The predicted octanol–water partition coefficient (Wildman–Crippen LogP) is 3.19. The summed E-state index contributed by atoms with van der Waals surface area (Å²) in [6.07, 6.45) is 4.36. The molecule has 0 aliphatic carbocycles. The molecule has 1 fully saturated rings. The minimum atomic E-state index is -0.657. The molecule has 0 spiro atoms. The number of nitrogens with zero attached hydrogens (tertiary/aromatic N) is 4. The molecule has 2 heterocycles. The van der Waals surface area contributed by atoms with Crippen LogP contribution < -0.4 is 10.2 Å². The molecule has 3 rings (SSSR count). The zero-order valence-electron chi connectivity index (χ0n) is 14.8. The molecule has 1 N–H and O–H groups in total. The van der Waals surface area contributed by atoms with Crippen molar-refractivity contribution in [3.8, 4) is 0 Å². The molecule has 0 saturated carbocycles. The first kappa shape index (κ1) is 18.0. The number of nitrogens with one attached hydrogen (secondary N) is 1. The Bertz CT molecular complexity index is 806. The van der Waals surface area contributed by atoms with Gasteiger partial charge in [0.15, 0.2) is 11.6 Å². The number of anilines is 3. The third-order valence-electron chi connectivity index (χ3n) is 4.30. The van der Waals surface area contributed by atoms with Crippen LogP contribution in [0.1, 0.15) is 29.6 Å². The van der Waals surface area contributed by atoms with E-state index in [4.69, 9.17) is 0 Å². The van der Waals surface area contributed by atoms with Gasteiger partial charge in [0.05, 0.1) is 5.69 Å². The number of amides is 1. The van der Waals surface area contributed by atoms with Crippen LogP contribution in [-0.2, 0) is 0 Å². The maximum Gasteiger partial charge on any atom is 0.253 e. The Morgan fingerprint density at radius 2 is 1.88 bits per heavy atom. The summed E-state index contributed by atoms with van der Waals surface area (Å²) in [7, 11) is 3.18. The monoisotopic (exact) mass is 361 g/mol. The lowest BCUT2D eigenvalue weighted by Gasteiger charge is -2.28. The van der Waals surface area contributed by atoms with Gasteiger partial charge in [-0.15, -0.1) is 0 Å². The normalized spacial score (nSPS) is 14.2. The van der Waals surface area contributed by atoms with E-state index in [9.17, 15) is 13.6 Å². The standard InChI is InChI=1S/C18H21F2N5O/c1-24(2)18(26)12-6-7-14(13(19)10-12)23-16-15(20)17(22-11-21-16)25-8-4-3-5-9-25/h6-7,10-11H,3-5,8-9H2,1-2H3,(H,21,22,23). The zero-order valence-corrected chi connectivity index (χ0v) is 14.8. The number of rotatable bonds is 4. The maximum absolute atomic E-state index is 14.8. The molecule has 138 valence electrons. The van der Waals surface area contributed by atoms with Crippen LogP contribution >= 0.6 is 0 Å². The molecular formula is C18H21F2N5O. The van der Waals surface area contributed by atoms with E-state index in [1.54, 1.807) is 14.1 Å². The molecular weight excluding hydrogens is 340 g/mol. The van der Waals surface area contributed by atoms with E-state index < -0.39 is 11.6 Å². The molecule has 0 atom stereocenters. The number of carbonyl (C=O) groups excluding carboxylic acids is 1. The number of aromatic nitrogens is 2. The highest BCUT2D eigenvalue weighted by molar-refractivity contribution is 5.94. The van der Waals surface area contributed by atoms with Crippen LogP contribution in [0.3, 0.4) is 0 Å². The minimum Gasteiger partial charge on any atom is -0.354 e. The van der Waals surface area contributed by atoms with Gasteiger partial charge in [0, 0.05) is 32.7 Å². The van der Waals surface area contributed by atoms with Gasteiger partial charge >= 0.3 is 0 Å². The van der Waals surface area contributed by atoms with Gasteiger partial charge in [0.25, 0.3) is 5.91 Å². The summed E-state index contributed by atoms with van der Waals surface area (Å²) in [5.41, 5.74) is 0.262. The summed E-state index contributed by atoms with van der Waals surface area (Å²) >= 11 is 0. The number of hydrogen-bond acceptors (Lipinski definition) is 5. The highest BCUT2D eigenvalue weighted by atomic mass is 19.1. The first-order chi connectivity index (χ1) is 12.5. The van der Waals surface area contributed by atoms with E-state index in [1.807, 2.05) is 4.90 Å². The Hall–Kier alpha value is -2.77. The minimum absolute atomic E-state index is 0.0440. The maximum atomic E-state index is 14.8. The molecule has 2 aromatic rings. The number of piperidine rings is 1. The fourth-order valence-corrected chi connectivity index (χ4v) is 2.91. The van der Waals surface area contributed by atoms with Crippen LogP contribution in [0.15, 0.2) is 24.5 Å². The Balaban J connectivity index is 1.84.